The van der Waals surface area contributed by atoms with Gasteiger partial charge in [-0.2, -0.15) is 0 Å². The molecule has 2 heteroatoms. The van der Waals surface area contributed by atoms with Crippen LogP contribution in [0.5, 0.6) is 0 Å². The molecule has 0 fully saturated rings. The van der Waals surface area contributed by atoms with Gasteiger partial charge in [-0.25, -0.2) is 9.97 Å². The standard InChI is InChI=1S/C25H38N2/c1-3-5-7-8-9-10-11-13-14-22-16-18-24(19-17-22)25-26-20-23(21-27-25)15-12-6-4-2/h16-21H,3-15H2,1-2H3. The van der Waals surface area contributed by atoms with E-state index in [4.69, 9.17) is 0 Å². The molecule has 0 amide bonds. The molecule has 148 valence electrons. The van der Waals surface area contributed by atoms with Crippen LogP contribution in [-0.2, 0) is 12.8 Å². The van der Waals surface area contributed by atoms with E-state index < -0.39 is 0 Å². The first-order valence-electron chi connectivity index (χ1n) is 11.2. The third kappa shape index (κ3) is 8.69. The van der Waals surface area contributed by atoms with E-state index in [-0.39, 0.29) is 0 Å². The minimum Gasteiger partial charge on any atom is -0.236 e. The molecule has 1 aromatic heterocycles. The molecule has 0 aliphatic rings. The number of unbranched alkanes of at least 4 members (excludes halogenated alkanes) is 9. The zero-order chi connectivity index (χ0) is 19.2. The van der Waals surface area contributed by atoms with Gasteiger partial charge in [-0.15, -0.1) is 0 Å². The van der Waals surface area contributed by atoms with Crippen molar-refractivity contribution in [3.63, 3.8) is 0 Å². The lowest BCUT2D eigenvalue weighted by Crippen LogP contribution is -1.93. The topological polar surface area (TPSA) is 25.8 Å². The molecule has 0 unspecified atom stereocenters. The summed E-state index contributed by atoms with van der Waals surface area (Å²) in [5.41, 5.74) is 3.80. The van der Waals surface area contributed by atoms with Crippen molar-refractivity contribution in [3.8, 4) is 11.4 Å². The fraction of sp³-hybridized carbons (Fsp3) is 0.600. The number of benzene rings is 1. The van der Waals surface area contributed by atoms with Gasteiger partial charge in [0.05, 0.1) is 0 Å². The maximum Gasteiger partial charge on any atom is 0.159 e. The van der Waals surface area contributed by atoms with Gasteiger partial charge in [0, 0.05) is 18.0 Å². The largest absolute Gasteiger partial charge is 0.236 e. The van der Waals surface area contributed by atoms with Crippen molar-refractivity contribution < 1.29 is 0 Å². The Balaban J connectivity index is 1.70. The van der Waals surface area contributed by atoms with Crippen molar-refractivity contribution in [2.75, 3.05) is 0 Å². The third-order valence-electron chi connectivity index (χ3n) is 5.31. The van der Waals surface area contributed by atoms with Crippen LogP contribution in [0.25, 0.3) is 11.4 Å². The van der Waals surface area contributed by atoms with Crippen LogP contribution in [0.3, 0.4) is 0 Å². The van der Waals surface area contributed by atoms with Gasteiger partial charge in [-0.3, -0.25) is 0 Å². The van der Waals surface area contributed by atoms with Crippen LogP contribution in [-0.4, -0.2) is 9.97 Å². The van der Waals surface area contributed by atoms with E-state index in [9.17, 15) is 0 Å². The van der Waals surface area contributed by atoms with Gasteiger partial charge in [0.15, 0.2) is 5.82 Å². The van der Waals surface area contributed by atoms with Crippen LogP contribution in [0.4, 0.5) is 0 Å². The number of rotatable bonds is 14. The Bertz CT molecular complexity index is 601. The molecule has 2 nitrogen and oxygen atoms in total. The van der Waals surface area contributed by atoms with Gasteiger partial charge in [0.1, 0.15) is 0 Å². The Morgan fingerprint density at radius 1 is 0.556 bits per heavy atom. The van der Waals surface area contributed by atoms with E-state index in [0.29, 0.717) is 0 Å². The van der Waals surface area contributed by atoms with E-state index in [1.165, 1.54) is 88.2 Å². The first-order chi connectivity index (χ1) is 13.3. The van der Waals surface area contributed by atoms with E-state index >= 15 is 0 Å². The zero-order valence-corrected chi connectivity index (χ0v) is 17.6. The molecule has 0 bridgehead atoms. The van der Waals surface area contributed by atoms with Crippen molar-refractivity contribution in [1.82, 2.24) is 9.97 Å². The van der Waals surface area contributed by atoms with Gasteiger partial charge in [-0.1, -0.05) is 95.9 Å². The molecule has 2 aromatic rings. The van der Waals surface area contributed by atoms with Gasteiger partial charge in [0.2, 0.25) is 0 Å². The lowest BCUT2D eigenvalue weighted by atomic mass is 10.0. The summed E-state index contributed by atoms with van der Waals surface area (Å²) in [7, 11) is 0. The first kappa shape index (κ1) is 21.6. The molecular formula is C25H38N2. The molecule has 0 saturated heterocycles. The fourth-order valence-corrected chi connectivity index (χ4v) is 3.50. The number of nitrogens with zero attached hydrogens (tertiary/aromatic N) is 2. The molecule has 0 aliphatic carbocycles. The normalized spacial score (nSPS) is 11.0. The molecule has 0 aliphatic heterocycles. The van der Waals surface area contributed by atoms with Crippen LogP contribution in [0.15, 0.2) is 36.7 Å². The Kier molecular flexibility index (Phi) is 10.8. The van der Waals surface area contributed by atoms with Gasteiger partial charge in [-0.05, 0) is 36.8 Å². The molecule has 0 radical (unpaired) electrons. The quantitative estimate of drug-likeness (QED) is 0.322. The molecule has 1 aromatic carbocycles. The monoisotopic (exact) mass is 366 g/mol. The second-order valence-corrected chi connectivity index (χ2v) is 7.79. The van der Waals surface area contributed by atoms with Gasteiger partial charge >= 0.3 is 0 Å². The summed E-state index contributed by atoms with van der Waals surface area (Å²) >= 11 is 0. The van der Waals surface area contributed by atoms with Crippen molar-refractivity contribution in [1.29, 1.82) is 0 Å². The second kappa shape index (κ2) is 13.5. The smallest absolute Gasteiger partial charge is 0.159 e. The Morgan fingerprint density at radius 2 is 1.04 bits per heavy atom. The summed E-state index contributed by atoms with van der Waals surface area (Å²) < 4.78 is 0. The van der Waals surface area contributed by atoms with Crippen LogP contribution in [0.2, 0.25) is 0 Å². The lowest BCUT2D eigenvalue weighted by molar-refractivity contribution is 0.575. The minimum absolute atomic E-state index is 0.841. The van der Waals surface area contributed by atoms with Crippen molar-refractivity contribution in [3.05, 3.63) is 47.8 Å². The Morgan fingerprint density at radius 3 is 1.67 bits per heavy atom. The summed E-state index contributed by atoms with van der Waals surface area (Å²) in [6, 6.07) is 8.84. The van der Waals surface area contributed by atoms with E-state index in [0.717, 1.165) is 17.8 Å². The zero-order valence-electron chi connectivity index (χ0n) is 17.6. The molecule has 27 heavy (non-hydrogen) atoms. The summed E-state index contributed by atoms with van der Waals surface area (Å²) in [6.07, 6.45) is 21.1. The van der Waals surface area contributed by atoms with Gasteiger partial charge in [0.25, 0.3) is 0 Å². The summed E-state index contributed by atoms with van der Waals surface area (Å²) in [6.45, 7) is 4.51. The highest BCUT2D eigenvalue weighted by Gasteiger charge is 2.02. The first-order valence-corrected chi connectivity index (χ1v) is 11.2. The average molecular weight is 367 g/mol. The predicted molar refractivity (Wildman–Crippen MR) is 117 cm³/mol. The molecule has 0 N–H and O–H groups in total. The van der Waals surface area contributed by atoms with Crippen LogP contribution in [0.1, 0.15) is 95.6 Å². The molecular weight excluding hydrogens is 328 g/mol. The van der Waals surface area contributed by atoms with Crippen molar-refractivity contribution >= 4 is 0 Å². The summed E-state index contributed by atoms with van der Waals surface area (Å²) in [5.74, 6) is 0.841. The molecule has 1 heterocycles. The van der Waals surface area contributed by atoms with Crippen LogP contribution < -0.4 is 0 Å². The highest BCUT2D eigenvalue weighted by Crippen LogP contribution is 2.18. The van der Waals surface area contributed by atoms with Crippen LogP contribution in [0, 0.1) is 0 Å². The SMILES string of the molecule is CCCCCCCCCCc1ccc(-c2ncc(CCCCC)cn2)cc1. The summed E-state index contributed by atoms with van der Waals surface area (Å²) in [5, 5.41) is 0. The fourth-order valence-electron chi connectivity index (χ4n) is 3.50. The van der Waals surface area contributed by atoms with Gasteiger partial charge < -0.3 is 0 Å². The second-order valence-electron chi connectivity index (χ2n) is 7.79. The number of aromatic nitrogens is 2. The highest BCUT2D eigenvalue weighted by molar-refractivity contribution is 5.55. The van der Waals surface area contributed by atoms with Crippen molar-refractivity contribution in [2.45, 2.75) is 97.3 Å². The molecule has 0 spiro atoms. The van der Waals surface area contributed by atoms with E-state index in [2.05, 4.69) is 48.1 Å². The Hall–Kier alpha value is -1.70. The molecule has 0 saturated carbocycles. The lowest BCUT2D eigenvalue weighted by Gasteiger charge is -2.05. The number of aryl methyl sites for hydroxylation is 2. The van der Waals surface area contributed by atoms with Crippen molar-refractivity contribution in [2.24, 2.45) is 0 Å². The molecule has 2 rings (SSSR count). The minimum atomic E-state index is 0.841. The summed E-state index contributed by atoms with van der Waals surface area (Å²) in [4.78, 5) is 9.13. The van der Waals surface area contributed by atoms with E-state index in [1.54, 1.807) is 0 Å². The van der Waals surface area contributed by atoms with Crippen LogP contribution >= 0.6 is 0 Å². The highest BCUT2D eigenvalue weighted by atomic mass is 14.9. The Labute approximate surface area is 166 Å². The average Bonchev–Trinajstić information content (AvgIpc) is 2.71. The maximum absolute atomic E-state index is 4.56. The maximum atomic E-state index is 4.56. The van der Waals surface area contributed by atoms with E-state index in [1.807, 2.05) is 12.4 Å². The number of hydrogen-bond acceptors (Lipinski definition) is 2. The molecule has 0 atom stereocenters. The predicted octanol–water partition coefficient (Wildman–Crippen LogP) is 7.56. The number of hydrogen-bond donors (Lipinski definition) is 0. The third-order valence-corrected chi connectivity index (χ3v) is 5.31.